The van der Waals surface area contributed by atoms with Crippen LogP contribution in [0.2, 0.25) is 0 Å². The molecule has 0 aliphatic heterocycles. The summed E-state index contributed by atoms with van der Waals surface area (Å²) >= 11 is 0. The zero-order valence-electron chi connectivity index (χ0n) is 14.1. The fourth-order valence-corrected chi connectivity index (χ4v) is 2.75. The SMILES string of the molecule is CN(C)c1ccc(-c2cc(-c3ccco3)nc(-c3ccco3)c2)cc1. The van der Waals surface area contributed by atoms with Crippen molar-refractivity contribution in [3.05, 3.63) is 73.2 Å². The summed E-state index contributed by atoms with van der Waals surface area (Å²) in [5, 5.41) is 0. The zero-order chi connectivity index (χ0) is 17.2. The third kappa shape index (κ3) is 3.06. The smallest absolute Gasteiger partial charge is 0.152 e. The first-order valence-corrected chi connectivity index (χ1v) is 8.08. The molecule has 0 saturated heterocycles. The van der Waals surface area contributed by atoms with Gasteiger partial charge in [0.15, 0.2) is 11.5 Å². The van der Waals surface area contributed by atoms with Gasteiger partial charge >= 0.3 is 0 Å². The van der Waals surface area contributed by atoms with E-state index in [1.54, 1.807) is 12.5 Å². The largest absolute Gasteiger partial charge is 0.463 e. The molecule has 0 unspecified atom stereocenters. The van der Waals surface area contributed by atoms with E-state index in [9.17, 15) is 0 Å². The van der Waals surface area contributed by atoms with Gasteiger partial charge in [-0.15, -0.1) is 0 Å². The normalized spacial score (nSPS) is 10.8. The van der Waals surface area contributed by atoms with Crippen molar-refractivity contribution in [1.29, 1.82) is 0 Å². The summed E-state index contributed by atoms with van der Waals surface area (Å²) in [6, 6.07) is 20.1. The van der Waals surface area contributed by atoms with Crippen LogP contribution < -0.4 is 4.90 Å². The Morgan fingerprint density at radius 1 is 0.720 bits per heavy atom. The summed E-state index contributed by atoms with van der Waals surface area (Å²) in [4.78, 5) is 6.78. The average molecular weight is 330 g/mol. The van der Waals surface area contributed by atoms with Crippen molar-refractivity contribution in [2.45, 2.75) is 0 Å². The second kappa shape index (κ2) is 6.32. The molecule has 4 aromatic rings. The highest BCUT2D eigenvalue weighted by Gasteiger charge is 2.12. The number of anilines is 1. The van der Waals surface area contributed by atoms with Crippen molar-refractivity contribution in [3.8, 4) is 34.0 Å². The highest BCUT2D eigenvalue weighted by molar-refractivity contribution is 5.74. The van der Waals surface area contributed by atoms with E-state index in [1.165, 1.54) is 0 Å². The van der Waals surface area contributed by atoms with E-state index in [1.807, 2.05) is 50.5 Å². The molecular weight excluding hydrogens is 312 g/mol. The van der Waals surface area contributed by atoms with E-state index in [4.69, 9.17) is 13.8 Å². The molecule has 4 rings (SSSR count). The van der Waals surface area contributed by atoms with E-state index < -0.39 is 0 Å². The van der Waals surface area contributed by atoms with Crippen molar-refractivity contribution in [1.82, 2.24) is 4.98 Å². The molecule has 0 fully saturated rings. The minimum atomic E-state index is 0.736. The van der Waals surface area contributed by atoms with Crippen LogP contribution in [0.1, 0.15) is 0 Å². The molecular formula is C21H18N2O2. The minimum Gasteiger partial charge on any atom is -0.463 e. The lowest BCUT2D eigenvalue weighted by atomic mass is 10.0. The Balaban J connectivity index is 1.83. The zero-order valence-corrected chi connectivity index (χ0v) is 14.1. The summed E-state index contributed by atoms with van der Waals surface area (Å²) in [5.74, 6) is 1.47. The van der Waals surface area contributed by atoms with Gasteiger partial charge in [0.05, 0.1) is 12.5 Å². The van der Waals surface area contributed by atoms with Crippen LogP contribution in [0.5, 0.6) is 0 Å². The fourth-order valence-electron chi connectivity index (χ4n) is 2.75. The number of furan rings is 2. The summed E-state index contributed by atoms with van der Waals surface area (Å²) in [7, 11) is 4.07. The van der Waals surface area contributed by atoms with Crippen LogP contribution in [-0.2, 0) is 0 Å². The first-order chi connectivity index (χ1) is 12.2. The van der Waals surface area contributed by atoms with Crippen LogP contribution in [0, 0.1) is 0 Å². The Morgan fingerprint density at radius 3 is 1.72 bits per heavy atom. The van der Waals surface area contributed by atoms with Gasteiger partial charge in [-0.25, -0.2) is 4.98 Å². The van der Waals surface area contributed by atoms with Gasteiger partial charge in [0, 0.05) is 19.8 Å². The Bertz CT molecular complexity index is 901. The second-order valence-corrected chi connectivity index (χ2v) is 6.02. The molecule has 3 heterocycles. The maximum Gasteiger partial charge on any atom is 0.152 e. The van der Waals surface area contributed by atoms with Crippen LogP contribution in [-0.4, -0.2) is 19.1 Å². The number of aromatic nitrogens is 1. The van der Waals surface area contributed by atoms with Gasteiger partial charge in [-0.1, -0.05) is 12.1 Å². The summed E-state index contributed by atoms with van der Waals surface area (Å²) in [6.45, 7) is 0. The molecule has 25 heavy (non-hydrogen) atoms. The van der Waals surface area contributed by atoms with E-state index in [0.717, 1.165) is 39.7 Å². The van der Waals surface area contributed by atoms with Crippen molar-refractivity contribution >= 4 is 5.69 Å². The predicted octanol–water partition coefficient (Wildman–Crippen LogP) is 5.33. The first-order valence-electron chi connectivity index (χ1n) is 8.08. The van der Waals surface area contributed by atoms with E-state index in [2.05, 4.69) is 29.2 Å². The molecule has 0 atom stereocenters. The second-order valence-electron chi connectivity index (χ2n) is 6.02. The molecule has 4 heteroatoms. The van der Waals surface area contributed by atoms with Gasteiger partial charge < -0.3 is 13.7 Å². The Morgan fingerprint density at radius 2 is 1.28 bits per heavy atom. The number of hydrogen-bond donors (Lipinski definition) is 0. The molecule has 0 aliphatic carbocycles. The third-order valence-electron chi connectivity index (χ3n) is 4.09. The first kappa shape index (κ1) is 15.3. The maximum atomic E-state index is 5.53. The molecule has 0 N–H and O–H groups in total. The predicted molar refractivity (Wildman–Crippen MR) is 99.4 cm³/mol. The molecule has 1 aromatic carbocycles. The molecule has 0 amide bonds. The van der Waals surface area contributed by atoms with Gasteiger partial charge in [0.1, 0.15) is 11.4 Å². The summed E-state index contributed by atoms with van der Waals surface area (Å²) < 4.78 is 11.1. The molecule has 0 aliphatic rings. The third-order valence-corrected chi connectivity index (χ3v) is 4.09. The van der Waals surface area contributed by atoms with Gasteiger partial charge in [0.2, 0.25) is 0 Å². The molecule has 0 saturated carbocycles. The standard InChI is InChI=1S/C21H18N2O2/c1-23(2)17-9-7-15(8-10-17)16-13-18(20-5-3-11-24-20)22-19(14-16)21-6-4-12-25-21/h3-14H,1-2H3. The molecule has 3 aromatic heterocycles. The van der Waals surface area contributed by atoms with Crippen LogP contribution in [0.15, 0.2) is 82.0 Å². The fraction of sp³-hybridized carbons (Fsp3) is 0.0952. The lowest BCUT2D eigenvalue weighted by Crippen LogP contribution is -2.07. The van der Waals surface area contributed by atoms with E-state index >= 15 is 0 Å². The summed E-state index contributed by atoms with van der Waals surface area (Å²) in [5.41, 5.74) is 4.92. The summed E-state index contributed by atoms with van der Waals surface area (Å²) in [6.07, 6.45) is 3.31. The van der Waals surface area contributed by atoms with Gasteiger partial charge in [-0.05, 0) is 59.7 Å². The highest BCUT2D eigenvalue weighted by atomic mass is 16.3. The lowest BCUT2D eigenvalue weighted by molar-refractivity contribution is 0.576. The molecule has 124 valence electrons. The van der Waals surface area contributed by atoms with Crippen molar-refractivity contribution in [2.75, 3.05) is 19.0 Å². The van der Waals surface area contributed by atoms with Crippen molar-refractivity contribution in [3.63, 3.8) is 0 Å². The quantitative estimate of drug-likeness (QED) is 0.507. The van der Waals surface area contributed by atoms with Crippen molar-refractivity contribution < 1.29 is 8.83 Å². The Hall–Kier alpha value is -3.27. The van der Waals surface area contributed by atoms with E-state index in [0.29, 0.717) is 0 Å². The van der Waals surface area contributed by atoms with Gasteiger partial charge in [-0.2, -0.15) is 0 Å². The Kier molecular flexibility index (Phi) is 3.86. The molecule has 0 radical (unpaired) electrons. The number of benzene rings is 1. The van der Waals surface area contributed by atoms with Crippen molar-refractivity contribution in [2.24, 2.45) is 0 Å². The van der Waals surface area contributed by atoms with Crippen LogP contribution >= 0.6 is 0 Å². The van der Waals surface area contributed by atoms with Crippen LogP contribution in [0.25, 0.3) is 34.0 Å². The minimum absolute atomic E-state index is 0.736. The van der Waals surface area contributed by atoms with Crippen LogP contribution in [0.4, 0.5) is 5.69 Å². The molecule has 0 spiro atoms. The Labute approximate surface area is 146 Å². The average Bonchev–Trinajstić information content (AvgIpc) is 3.35. The topological polar surface area (TPSA) is 42.4 Å². The highest BCUT2D eigenvalue weighted by Crippen LogP contribution is 2.31. The van der Waals surface area contributed by atoms with E-state index in [-0.39, 0.29) is 0 Å². The maximum absolute atomic E-state index is 5.53. The van der Waals surface area contributed by atoms with Crippen LogP contribution in [0.3, 0.4) is 0 Å². The number of nitrogens with zero attached hydrogens (tertiary/aromatic N) is 2. The number of rotatable bonds is 4. The number of hydrogen-bond acceptors (Lipinski definition) is 4. The lowest BCUT2D eigenvalue weighted by Gasteiger charge is -2.13. The molecule has 0 bridgehead atoms. The van der Waals surface area contributed by atoms with Gasteiger partial charge in [-0.3, -0.25) is 0 Å². The van der Waals surface area contributed by atoms with Gasteiger partial charge in [0.25, 0.3) is 0 Å². The number of pyridine rings is 1. The monoisotopic (exact) mass is 330 g/mol. The molecule has 4 nitrogen and oxygen atoms in total.